The molecule has 0 aliphatic carbocycles. The first-order valence-corrected chi connectivity index (χ1v) is 18.4. The molecule has 0 aromatic heterocycles. The van der Waals surface area contributed by atoms with Gasteiger partial charge < -0.3 is 9.47 Å². The lowest BCUT2D eigenvalue weighted by atomic mass is 9.99. The van der Waals surface area contributed by atoms with Gasteiger partial charge in [0.05, 0.1) is 13.2 Å². The average molecular weight is 599 g/mol. The summed E-state index contributed by atoms with van der Waals surface area (Å²) < 4.78 is 12.9. The van der Waals surface area contributed by atoms with E-state index in [0.717, 1.165) is 43.1 Å². The van der Waals surface area contributed by atoms with Gasteiger partial charge in [-0.05, 0) is 35.6 Å². The third-order valence-electron chi connectivity index (χ3n) is 8.78. The first-order chi connectivity index (χ1) is 21.8. The van der Waals surface area contributed by atoms with Crippen molar-refractivity contribution in [2.45, 2.75) is 142 Å². The quantitative estimate of drug-likeness (QED) is 0.0856. The molecule has 2 nitrogen and oxygen atoms in total. The predicted octanol–water partition coefficient (Wildman–Crippen LogP) is 13.6. The second-order valence-corrected chi connectivity index (χ2v) is 12.6. The van der Waals surface area contributed by atoms with Gasteiger partial charge in [0.2, 0.25) is 0 Å². The summed E-state index contributed by atoms with van der Waals surface area (Å²) in [6, 6.07) is 25.8. The predicted molar refractivity (Wildman–Crippen MR) is 192 cm³/mol. The van der Waals surface area contributed by atoms with Crippen molar-refractivity contribution in [2.24, 2.45) is 0 Å². The largest absolute Gasteiger partial charge is 0.490 e. The van der Waals surface area contributed by atoms with Crippen molar-refractivity contribution < 1.29 is 9.47 Å². The van der Waals surface area contributed by atoms with E-state index in [2.05, 4.69) is 86.6 Å². The van der Waals surface area contributed by atoms with Gasteiger partial charge in [-0.2, -0.15) is 0 Å². The van der Waals surface area contributed by atoms with E-state index >= 15 is 0 Å². The zero-order valence-electron chi connectivity index (χ0n) is 28.3. The Morgan fingerprint density at radius 2 is 0.795 bits per heavy atom. The standard InChI is InChI=1S/C42H62O2/c1-3-5-7-9-11-13-15-17-19-24-35-43-41-30-26-29-40(39-33-31-38(32-34-39)37-27-22-21-23-28-37)42(41)44-36-25-20-18-16-14-12-10-8-6-4-2/h21-23,26-34H,3-20,24-25,35-36H2,1-2H3. The summed E-state index contributed by atoms with van der Waals surface area (Å²) in [7, 11) is 0. The fourth-order valence-corrected chi connectivity index (χ4v) is 6.01. The molecule has 3 rings (SSSR count). The number of benzene rings is 3. The maximum atomic E-state index is 6.53. The van der Waals surface area contributed by atoms with E-state index in [1.807, 2.05) is 0 Å². The average Bonchev–Trinajstić information content (AvgIpc) is 3.07. The third kappa shape index (κ3) is 14.4. The highest BCUT2D eigenvalue weighted by atomic mass is 16.5. The molecule has 2 heteroatoms. The van der Waals surface area contributed by atoms with Crippen LogP contribution in [-0.2, 0) is 0 Å². The van der Waals surface area contributed by atoms with Gasteiger partial charge >= 0.3 is 0 Å². The van der Waals surface area contributed by atoms with Crippen LogP contribution in [0.3, 0.4) is 0 Å². The Morgan fingerprint density at radius 1 is 0.364 bits per heavy atom. The number of hydrogen-bond acceptors (Lipinski definition) is 2. The van der Waals surface area contributed by atoms with Crippen LogP contribution in [0.25, 0.3) is 22.3 Å². The van der Waals surface area contributed by atoms with E-state index in [4.69, 9.17) is 9.47 Å². The Bertz CT molecular complexity index is 1090. The van der Waals surface area contributed by atoms with Gasteiger partial charge in [0.25, 0.3) is 0 Å². The summed E-state index contributed by atoms with van der Waals surface area (Å²) in [5, 5.41) is 0. The summed E-state index contributed by atoms with van der Waals surface area (Å²) >= 11 is 0. The second kappa shape index (κ2) is 23.6. The number of hydrogen-bond donors (Lipinski definition) is 0. The number of para-hydroxylation sites is 1. The van der Waals surface area contributed by atoms with E-state index in [1.165, 1.54) is 132 Å². The van der Waals surface area contributed by atoms with Crippen LogP contribution in [0.4, 0.5) is 0 Å². The maximum Gasteiger partial charge on any atom is 0.168 e. The molecule has 0 saturated carbocycles. The van der Waals surface area contributed by atoms with Crippen LogP contribution >= 0.6 is 0 Å². The Kier molecular flexibility index (Phi) is 19.2. The number of ether oxygens (including phenoxy) is 2. The highest BCUT2D eigenvalue weighted by Crippen LogP contribution is 2.39. The molecule has 0 saturated heterocycles. The van der Waals surface area contributed by atoms with Crippen molar-refractivity contribution in [3.63, 3.8) is 0 Å². The second-order valence-electron chi connectivity index (χ2n) is 12.6. The third-order valence-corrected chi connectivity index (χ3v) is 8.78. The molecule has 0 heterocycles. The van der Waals surface area contributed by atoms with Gasteiger partial charge in [-0.1, -0.05) is 196 Å². The van der Waals surface area contributed by atoms with Crippen LogP contribution in [0.1, 0.15) is 142 Å². The van der Waals surface area contributed by atoms with Crippen molar-refractivity contribution in [3.05, 3.63) is 72.8 Å². The van der Waals surface area contributed by atoms with Crippen molar-refractivity contribution in [1.82, 2.24) is 0 Å². The summed E-state index contributed by atoms with van der Waals surface area (Å²) in [5.74, 6) is 1.79. The monoisotopic (exact) mass is 598 g/mol. The lowest BCUT2D eigenvalue weighted by Crippen LogP contribution is -2.04. The summed E-state index contributed by atoms with van der Waals surface area (Å²) in [6.45, 7) is 6.07. The molecule has 0 radical (unpaired) electrons. The van der Waals surface area contributed by atoms with Crippen LogP contribution in [0.15, 0.2) is 72.8 Å². The molecule has 0 bridgehead atoms. The smallest absolute Gasteiger partial charge is 0.168 e. The van der Waals surface area contributed by atoms with Crippen LogP contribution < -0.4 is 9.47 Å². The van der Waals surface area contributed by atoms with Gasteiger partial charge in [-0.25, -0.2) is 0 Å². The minimum atomic E-state index is 0.740. The van der Waals surface area contributed by atoms with E-state index in [0.29, 0.717) is 0 Å². The summed E-state index contributed by atoms with van der Waals surface area (Å²) in [6.07, 6.45) is 26.6. The molecule has 3 aromatic carbocycles. The molecule has 0 N–H and O–H groups in total. The van der Waals surface area contributed by atoms with Crippen LogP contribution in [0, 0.1) is 0 Å². The fraction of sp³-hybridized carbons (Fsp3) is 0.571. The minimum Gasteiger partial charge on any atom is -0.490 e. The van der Waals surface area contributed by atoms with Gasteiger partial charge in [0.15, 0.2) is 11.5 Å². The molecule has 0 atom stereocenters. The molecule has 0 fully saturated rings. The minimum absolute atomic E-state index is 0.740. The van der Waals surface area contributed by atoms with Gasteiger partial charge in [0.1, 0.15) is 0 Å². The van der Waals surface area contributed by atoms with E-state index in [1.54, 1.807) is 0 Å². The topological polar surface area (TPSA) is 18.5 Å². The molecular formula is C42H62O2. The van der Waals surface area contributed by atoms with Crippen LogP contribution in [0.5, 0.6) is 11.5 Å². The molecule has 0 amide bonds. The normalized spacial score (nSPS) is 11.1. The molecule has 3 aromatic rings. The fourth-order valence-electron chi connectivity index (χ4n) is 6.01. The number of unbranched alkanes of at least 4 members (excludes halogenated alkanes) is 18. The highest BCUT2D eigenvalue weighted by molar-refractivity contribution is 5.76. The summed E-state index contributed by atoms with van der Waals surface area (Å²) in [5.41, 5.74) is 4.77. The van der Waals surface area contributed by atoms with Gasteiger partial charge in [-0.15, -0.1) is 0 Å². The molecule has 0 aliphatic rings. The molecule has 44 heavy (non-hydrogen) atoms. The molecular weight excluding hydrogens is 536 g/mol. The lowest BCUT2D eigenvalue weighted by Gasteiger charge is -2.17. The Hall–Kier alpha value is -2.74. The van der Waals surface area contributed by atoms with Crippen molar-refractivity contribution in [2.75, 3.05) is 13.2 Å². The lowest BCUT2D eigenvalue weighted by molar-refractivity contribution is 0.259. The molecule has 0 unspecified atom stereocenters. The summed E-state index contributed by atoms with van der Waals surface area (Å²) in [4.78, 5) is 0. The highest BCUT2D eigenvalue weighted by Gasteiger charge is 2.14. The van der Waals surface area contributed by atoms with E-state index < -0.39 is 0 Å². The van der Waals surface area contributed by atoms with Crippen molar-refractivity contribution in [3.8, 4) is 33.8 Å². The van der Waals surface area contributed by atoms with E-state index in [-0.39, 0.29) is 0 Å². The van der Waals surface area contributed by atoms with Crippen LogP contribution in [0.2, 0.25) is 0 Å². The maximum absolute atomic E-state index is 6.53. The molecule has 0 aliphatic heterocycles. The molecule has 0 spiro atoms. The zero-order chi connectivity index (χ0) is 30.9. The Morgan fingerprint density at radius 3 is 1.32 bits per heavy atom. The van der Waals surface area contributed by atoms with Crippen molar-refractivity contribution >= 4 is 0 Å². The Balaban J connectivity index is 1.51. The number of rotatable bonds is 26. The SMILES string of the molecule is CCCCCCCCCCCCOc1cccc(-c2ccc(-c3ccccc3)cc2)c1OCCCCCCCCCCCC. The van der Waals surface area contributed by atoms with E-state index in [9.17, 15) is 0 Å². The van der Waals surface area contributed by atoms with Gasteiger partial charge in [0, 0.05) is 5.56 Å². The van der Waals surface area contributed by atoms with Crippen molar-refractivity contribution in [1.29, 1.82) is 0 Å². The first kappa shape index (κ1) is 35.7. The van der Waals surface area contributed by atoms with Crippen LogP contribution in [-0.4, -0.2) is 13.2 Å². The molecule has 242 valence electrons. The Labute approximate surface area is 271 Å². The first-order valence-electron chi connectivity index (χ1n) is 18.4. The zero-order valence-corrected chi connectivity index (χ0v) is 28.3. The van der Waals surface area contributed by atoms with Gasteiger partial charge in [-0.3, -0.25) is 0 Å².